The van der Waals surface area contributed by atoms with E-state index in [-0.39, 0.29) is 29.5 Å². The van der Waals surface area contributed by atoms with E-state index in [2.05, 4.69) is 5.32 Å². The predicted octanol–water partition coefficient (Wildman–Crippen LogP) is 3.82. The number of aliphatic hydroxyl groups excluding tert-OH is 1. The lowest BCUT2D eigenvalue weighted by Gasteiger charge is -2.34. The Kier molecular flexibility index (Phi) is 5.46. The number of hydrogen-bond donors (Lipinski definition) is 2. The smallest absolute Gasteiger partial charge is 0.263 e. The van der Waals surface area contributed by atoms with E-state index < -0.39 is 6.10 Å². The van der Waals surface area contributed by atoms with Crippen LogP contribution in [0.4, 0.5) is 9.39 Å². The fourth-order valence-corrected chi connectivity index (χ4v) is 4.47. The Balaban J connectivity index is 1.31. The summed E-state index contributed by atoms with van der Waals surface area (Å²) in [5.74, 6) is -0.137. The molecule has 2 aromatic rings. The van der Waals surface area contributed by atoms with Gasteiger partial charge in [-0.1, -0.05) is 12.1 Å². The van der Waals surface area contributed by atoms with Crippen LogP contribution in [0, 0.1) is 17.7 Å². The van der Waals surface area contributed by atoms with Crippen LogP contribution in [0.3, 0.4) is 0 Å². The van der Waals surface area contributed by atoms with E-state index in [1.54, 1.807) is 29.2 Å². The monoisotopic (exact) mass is 402 g/mol. The minimum Gasteiger partial charge on any atom is -0.388 e. The van der Waals surface area contributed by atoms with E-state index >= 15 is 0 Å². The number of thiophene rings is 1. The molecular formula is C21H23FN2O3S. The number of carbonyl (C=O) groups excluding carboxylic acids is 2. The minimum absolute atomic E-state index is 0.0355. The maximum absolute atomic E-state index is 13.1. The van der Waals surface area contributed by atoms with Gasteiger partial charge in [0.25, 0.3) is 5.91 Å². The molecule has 1 saturated heterocycles. The Morgan fingerprint density at radius 2 is 1.75 bits per heavy atom. The highest BCUT2D eigenvalue weighted by atomic mass is 32.1. The number of benzene rings is 1. The third-order valence-corrected chi connectivity index (χ3v) is 6.48. The molecule has 0 radical (unpaired) electrons. The van der Waals surface area contributed by atoms with Gasteiger partial charge in [-0.25, -0.2) is 4.39 Å². The fourth-order valence-electron chi connectivity index (χ4n) is 3.60. The van der Waals surface area contributed by atoms with Crippen molar-refractivity contribution in [2.75, 3.05) is 18.4 Å². The third-order valence-electron chi connectivity index (χ3n) is 5.50. The summed E-state index contributed by atoms with van der Waals surface area (Å²) in [6.45, 7) is 1.15. The summed E-state index contributed by atoms with van der Waals surface area (Å²) in [6, 6.07) is 9.47. The average molecular weight is 402 g/mol. The molecule has 7 heteroatoms. The maximum Gasteiger partial charge on any atom is 0.263 e. The number of likely N-dealkylation sites (tertiary alicyclic amines) is 1. The summed E-state index contributed by atoms with van der Waals surface area (Å²) in [4.78, 5) is 27.0. The van der Waals surface area contributed by atoms with Crippen molar-refractivity contribution in [3.05, 3.63) is 52.7 Å². The molecular weight excluding hydrogens is 379 g/mol. The molecule has 0 spiro atoms. The van der Waals surface area contributed by atoms with Crippen molar-refractivity contribution < 1.29 is 19.1 Å². The Labute approximate surface area is 167 Å². The molecule has 2 amide bonds. The molecule has 28 heavy (non-hydrogen) atoms. The van der Waals surface area contributed by atoms with Crippen LogP contribution in [0.15, 0.2) is 36.4 Å². The zero-order valence-electron chi connectivity index (χ0n) is 15.4. The lowest BCUT2D eigenvalue weighted by atomic mass is 9.87. The van der Waals surface area contributed by atoms with E-state index in [1.165, 1.54) is 23.5 Å². The molecule has 1 aromatic heterocycles. The molecule has 2 aliphatic rings. The molecule has 4 rings (SSSR count). The van der Waals surface area contributed by atoms with Crippen LogP contribution in [0.2, 0.25) is 0 Å². The van der Waals surface area contributed by atoms with Crippen molar-refractivity contribution in [2.24, 2.45) is 11.8 Å². The minimum atomic E-state index is -0.649. The van der Waals surface area contributed by atoms with E-state index in [0.717, 1.165) is 12.8 Å². The number of amides is 2. The summed E-state index contributed by atoms with van der Waals surface area (Å²) < 4.78 is 13.1. The number of carbonyl (C=O) groups is 2. The van der Waals surface area contributed by atoms with Gasteiger partial charge in [0.15, 0.2) is 0 Å². The number of rotatable bonds is 5. The Hall–Kier alpha value is -2.25. The second-order valence-corrected chi connectivity index (χ2v) is 8.64. The van der Waals surface area contributed by atoms with Gasteiger partial charge in [-0.2, -0.15) is 0 Å². The molecule has 1 unspecified atom stereocenters. The van der Waals surface area contributed by atoms with Gasteiger partial charge in [0.05, 0.1) is 16.0 Å². The number of hydrogen-bond acceptors (Lipinski definition) is 4. The largest absolute Gasteiger partial charge is 0.388 e. The summed E-state index contributed by atoms with van der Waals surface area (Å²) >= 11 is 1.31. The normalized spacial score (nSPS) is 18.7. The zero-order chi connectivity index (χ0) is 19.7. The predicted molar refractivity (Wildman–Crippen MR) is 106 cm³/mol. The standard InChI is InChI=1S/C21H23FN2O3S/c22-16-5-3-13(4-6-16)19(25)14-9-11-24(12-10-14)21(27)17-7-8-18(28-17)23-20(26)15-1-2-15/h3-8,14-15,19,25H,1-2,9-12H2,(H,23,26). The molecule has 1 saturated carbocycles. The van der Waals surface area contributed by atoms with Gasteiger partial charge in [-0.05, 0) is 61.4 Å². The van der Waals surface area contributed by atoms with Crippen LogP contribution in [-0.4, -0.2) is 34.9 Å². The van der Waals surface area contributed by atoms with Crippen LogP contribution in [0.1, 0.15) is 47.0 Å². The van der Waals surface area contributed by atoms with Crippen molar-refractivity contribution in [2.45, 2.75) is 31.8 Å². The van der Waals surface area contributed by atoms with Gasteiger partial charge in [-0.3, -0.25) is 9.59 Å². The Morgan fingerprint density at radius 3 is 2.39 bits per heavy atom. The van der Waals surface area contributed by atoms with Gasteiger partial charge in [0.2, 0.25) is 5.91 Å². The van der Waals surface area contributed by atoms with E-state index in [0.29, 0.717) is 41.4 Å². The zero-order valence-corrected chi connectivity index (χ0v) is 16.3. The molecule has 1 aliphatic carbocycles. The van der Waals surface area contributed by atoms with Gasteiger partial charge >= 0.3 is 0 Å². The number of anilines is 1. The van der Waals surface area contributed by atoms with Gasteiger partial charge < -0.3 is 15.3 Å². The lowest BCUT2D eigenvalue weighted by Crippen LogP contribution is -2.39. The van der Waals surface area contributed by atoms with E-state index in [4.69, 9.17) is 0 Å². The van der Waals surface area contributed by atoms with Crippen LogP contribution in [-0.2, 0) is 4.79 Å². The van der Waals surface area contributed by atoms with Crippen LogP contribution >= 0.6 is 11.3 Å². The molecule has 2 heterocycles. The molecule has 2 fully saturated rings. The van der Waals surface area contributed by atoms with Gasteiger partial charge in [-0.15, -0.1) is 11.3 Å². The Bertz CT molecular complexity index is 855. The second-order valence-electron chi connectivity index (χ2n) is 7.55. The summed E-state index contributed by atoms with van der Waals surface area (Å²) in [6.07, 6.45) is 2.63. The number of nitrogens with one attached hydrogen (secondary N) is 1. The first-order valence-electron chi connectivity index (χ1n) is 9.65. The van der Waals surface area contributed by atoms with Crippen molar-refractivity contribution in [3.63, 3.8) is 0 Å². The average Bonchev–Trinajstić information content (AvgIpc) is 3.47. The number of halogens is 1. The summed E-state index contributed by atoms with van der Waals surface area (Å²) in [5.41, 5.74) is 0.709. The first-order chi connectivity index (χ1) is 13.5. The second kappa shape index (κ2) is 8.01. The molecule has 1 aliphatic heterocycles. The summed E-state index contributed by atoms with van der Waals surface area (Å²) in [7, 11) is 0. The van der Waals surface area contributed by atoms with E-state index in [1.807, 2.05) is 0 Å². The highest BCUT2D eigenvalue weighted by Crippen LogP contribution is 2.33. The van der Waals surface area contributed by atoms with Crippen molar-refractivity contribution in [1.82, 2.24) is 4.90 Å². The van der Waals surface area contributed by atoms with Crippen molar-refractivity contribution in [1.29, 1.82) is 0 Å². The first kappa shape index (κ1) is 19.1. The third kappa shape index (κ3) is 4.25. The maximum atomic E-state index is 13.1. The molecule has 1 atom stereocenters. The Morgan fingerprint density at radius 1 is 1.07 bits per heavy atom. The highest BCUT2D eigenvalue weighted by molar-refractivity contribution is 7.18. The topological polar surface area (TPSA) is 69.6 Å². The van der Waals surface area contributed by atoms with Crippen LogP contribution < -0.4 is 5.32 Å². The van der Waals surface area contributed by atoms with Crippen LogP contribution in [0.5, 0.6) is 0 Å². The summed E-state index contributed by atoms with van der Waals surface area (Å²) in [5, 5.41) is 14.1. The number of aliphatic hydroxyl groups is 1. The van der Waals surface area contributed by atoms with Gasteiger partial charge in [0.1, 0.15) is 5.82 Å². The highest BCUT2D eigenvalue weighted by Gasteiger charge is 2.31. The number of piperidine rings is 1. The molecule has 148 valence electrons. The van der Waals surface area contributed by atoms with E-state index in [9.17, 15) is 19.1 Å². The first-order valence-corrected chi connectivity index (χ1v) is 10.5. The van der Waals surface area contributed by atoms with Gasteiger partial charge in [0, 0.05) is 19.0 Å². The van der Waals surface area contributed by atoms with Crippen molar-refractivity contribution in [3.8, 4) is 0 Å². The number of nitrogens with zero attached hydrogens (tertiary/aromatic N) is 1. The SMILES string of the molecule is O=C(Nc1ccc(C(=O)N2CCC(C(O)c3ccc(F)cc3)CC2)s1)C1CC1. The quantitative estimate of drug-likeness (QED) is 0.799. The molecule has 5 nitrogen and oxygen atoms in total. The molecule has 0 bridgehead atoms. The molecule has 1 aromatic carbocycles. The lowest BCUT2D eigenvalue weighted by molar-refractivity contribution is -0.117. The molecule has 2 N–H and O–H groups in total. The van der Waals surface area contributed by atoms with Crippen LogP contribution in [0.25, 0.3) is 0 Å². The van der Waals surface area contributed by atoms with Crippen molar-refractivity contribution >= 4 is 28.2 Å². The fraction of sp³-hybridized carbons (Fsp3) is 0.429.